The van der Waals surface area contributed by atoms with Crippen molar-refractivity contribution >= 4 is 11.6 Å². The predicted molar refractivity (Wildman–Crippen MR) is 78.1 cm³/mol. The third-order valence-corrected chi connectivity index (χ3v) is 4.31. The van der Waals surface area contributed by atoms with E-state index in [-0.39, 0.29) is 11.9 Å². The molecule has 2 atom stereocenters. The molecular weight excluding hydrogens is 263 g/mol. The van der Waals surface area contributed by atoms with Gasteiger partial charge in [0.15, 0.2) is 0 Å². The molecule has 0 aromatic heterocycles. The van der Waals surface area contributed by atoms with E-state index in [0.29, 0.717) is 11.1 Å². The minimum atomic E-state index is -0.276. The molecule has 2 rings (SSSR count). The zero-order valence-corrected chi connectivity index (χ0v) is 12.4. The normalized spacial score (nSPS) is 21.0. The van der Waals surface area contributed by atoms with Crippen molar-refractivity contribution in [2.75, 3.05) is 19.6 Å². The molecule has 1 saturated heterocycles. The molecular formula is C15H22ClFN2. The van der Waals surface area contributed by atoms with Crippen LogP contribution < -0.4 is 5.32 Å². The SMILES string of the molecule is CCN(CC1CCCN1)C(C)c1ccc(F)cc1Cl. The Morgan fingerprint density at radius 1 is 1.53 bits per heavy atom. The van der Waals surface area contributed by atoms with Gasteiger partial charge in [0, 0.05) is 23.7 Å². The summed E-state index contributed by atoms with van der Waals surface area (Å²) in [4.78, 5) is 2.39. The molecule has 2 nitrogen and oxygen atoms in total. The highest BCUT2D eigenvalue weighted by atomic mass is 35.5. The van der Waals surface area contributed by atoms with Gasteiger partial charge in [0.2, 0.25) is 0 Å². The molecule has 0 spiro atoms. The molecule has 1 heterocycles. The lowest BCUT2D eigenvalue weighted by atomic mass is 10.1. The fourth-order valence-corrected chi connectivity index (χ4v) is 3.12. The third kappa shape index (κ3) is 3.68. The monoisotopic (exact) mass is 284 g/mol. The first-order chi connectivity index (χ1) is 9.11. The van der Waals surface area contributed by atoms with Gasteiger partial charge in [-0.05, 0) is 50.6 Å². The first-order valence-electron chi connectivity index (χ1n) is 7.04. The number of hydrogen-bond donors (Lipinski definition) is 1. The van der Waals surface area contributed by atoms with Crippen molar-refractivity contribution < 1.29 is 4.39 Å². The van der Waals surface area contributed by atoms with Gasteiger partial charge in [-0.15, -0.1) is 0 Å². The van der Waals surface area contributed by atoms with Gasteiger partial charge < -0.3 is 5.32 Å². The van der Waals surface area contributed by atoms with Crippen LogP contribution in [0.3, 0.4) is 0 Å². The van der Waals surface area contributed by atoms with Crippen LogP contribution >= 0.6 is 11.6 Å². The van der Waals surface area contributed by atoms with E-state index in [4.69, 9.17) is 11.6 Å². The summed E-state index contributed by atoms with van der Waals surface area (Å²) in [6.07, 6.45) is 2.49. The first kappa shape index (κ1) is 14.8. The number of nitrogens with zero attached hydrogens (tertiary/aromatic N) is 1. The van der Waals surface area contributed by atoms with Crippen molar-refractivity contribution in [3.63, 3.8) is 0 Å². The maximum atomic E-state index is 13.1. The van der Waals surface area contributed by atoms with Gasteiger partial charge in [0.05, 0.1) is 0 Å². The highest BCUT2D eigenvalue weighted by Crippen LogP contribution is 2.28. The number of halogens is 2. The summed E-state index contributed by atoms with van der Waals surface area (Å²) in [5, 5.41) is 4.04. The summed E-state index contributed by atoms with van der Waals surface area (Å²) >= 11 is 6.16. The number of benzene rings is 1. The van der Waals surface area contributed by atoms with E-state index >= 15 is 0 Å². The van der Waals surface area contributed by atoms with Gasteiger partial charge in [-0.3, -0.25) is 4.90 Å². The van der Waals surface area contributed by atoms with E-state index in [2.05, 4.69) is 24.1 Å². The van der Waals surface area contributed by atoms with Crippen molar-refractivity contribution in [1.29, 1.82) is 0 Å². The number of rotatable bonds is 5. The Morgan fingerprint density at radius 3 is 2.89 bits per heavy atom. The van der Waals surface area contributed by atoms with Crippen LogP contribution in [-0.2, 0) is 0 Å². The second kappa shape index (κ2) is 6.69. The van der Waals surface area contributed by atoms with Crippen molar-refractivity contribution in [2.45, 2.75) is 38.8 Å². The number of nitrogens with one attached hydrogen (secondary N) is 1. The van der Waals surface area contributed by atoms with Crippen molar-refractivity contribution in [2.24, 2.45) is 0 Å². The van der Waals surface area contributed by atoms with E-state index in [1.165, 1.54) is 25.0 Å². The topological polar surface area (TPSA) is 15.3 Å². The third-order valence-electron chi connectivity index (χ3n) is 3.98. The minimum Gasteiger partial charge on any atom is -0.313 e. The Bertz CT molecular complexity index is 419. The van der Waals surface area contributed by atoms with Gasteiger partial charge in [-0.25, -0.2) is 4.39 Å². The van der Waals surface area contributed by atoms with Crippen molar-refractivity contribution in [3.8, 4) is 0 Å². The van der Waals surface area contributed by atoms with Crippen LogP contribution in [0.25, 0.3) is 0 Å². The molecule has 1 N–H and O–H groups in total. The molecule has 1 fully saturated rings. The van der Waals surface area contributed by atoms with Crippen LogP contribution in [-0.4, -0.2) is 30.6 Å². The van der Waals surface area contributed by atoms with Crippen LogP contribution in [0.4, 0.5) is 4.39 Å². The predicted octanol–water partition coefficient (Wildman–Crippen LogP) is 3.61. The first-order valence-corrected chi connectivity index (χ1v) is 7.42. The van der Waals surface area contributed by atoms with E-state index in [0.717, 1.165) is 25.2 Å². The molecule has 0 bridgehead atoms. The second-order valence-electron chi connectivity index (χ2n) is 5.22. The Kier molecular flexibility index (Phi) is 5.20. The smallest absolute Gasteiger partial charge is 0.124 e. The fraction of sp³-hybridized carbons (Fsp3) is 0.600. The number of likely N-dealkylation sites (N-methyl/N-ethyl adjacent to an activating group) is 1. The molecule has 1 aliphatic heterocycles. The van der Waals surface area contributed by atoms with Crippen LogP contribution in [0.15, 0.2) is 18.2 Å². The molecule has 1 aromatic carbocycles. The van der Waals surface area contributed by atoms with Gasteiger partial charge >= 0.3 is 0 Å². The van der Waals surface area contributed by atoms with E-state index in [9.17, 15) is 4.39 Å². The molecule has 1 aliphatic rings. The summed E-state index contributed by atoms with van der Waals surface area (Å²) < 4.78 is 13.1. The summed E-state index contributed by atoms with van der Waals surface area (Å²) in [7, 11) is 0. The molecule has 0 amide bonds. The average Bonchev–Trinajstić information content (AvgIpc) is 2.88. The quantitative estimate of drug-likeness (QED) is 0.888. The lowest BCUT2D eigenvalue weighted by molar-refractivity contribution is 0.202. The molecule has 0 radical (unpaired) electrons. The largest absolute Gasteiger partial charge is 0.313 e. The van der Waals surface area contributed by atoms with Crippen LogP contribution in [0.2, 0.25) is 5.02 Å². The molecule has 2 unspecified atom stereocenters. The summed E-state index contributed by atoms with van der Waals surface area (Å²) in [5.41, 5.74) is 1.00. The maximum absolute atomic E-state index is 13.1. The van der Waals surface area contributed by atoms with Crippen LogP contribution in [0, 0.1) is 5.82 Å². The fourth-order valence-electron chi connectivity index (χ4n) is 2.79. The molecule has 4 heteroatoms. The molecule has 106 valence electrons. The Hall–Kier alpha value is -0.640. The molecule has 1 aromatic rings. The van der Waals surface area contributed by atoms with E-state index in [1.54, 1.807) is 6.07 Å². The maximum Gasteiger partial charge on any atom is 0.124 e. The number of hydrogen-bond acceptors (Lipinski definition) is 2. The van der Waals surface area contributed by atoms with Crippen LogP contribution in [0.1, 0.15) is 38.3 Å². The summed E-state index contributed by atoms with van der Waals surface area (Å²) in [5.74, 6) is -0.276. The van der Waals surface area contributed by atoms with Crippen LogP contribution in [0.5, 0.6) is 0 Å². The van der Waals surface area contributed by atoms with Crippen molar-refractivity contribution in [3.05, 3.63) is 34.6 Å². The Morgan fingerprint density at radius 2 is 2.32 bits per heavy atom. The lowest BCUT2D eigenvalue weighted by Crippen LogP contribution is -2.38. The summed E-state index contributed by atoms with van der Waals surface area (Å²) in [6, 6.07) is 5.46. The van der Waals surface area contributed by atoms with Crippen molar-refractivity contribution in [1.82, 2.24) is 10.2 Å². The zero-order valence-electron chi connectivity index (χ0n) is 11.6. The van der Waals surface area contributed by atoms with Gasteiger partial charge in [0.1, 0.15) is 5.82 Å². The molecule has 0 aliphatic carbocycles. The highest BCUT2D eigenvalue weighted by Gasteiger charge is 2.22. The van der Waals surface area contributed by atoms with E-state index in [1.807, 2.05) is 0 Å². The van der Waals surface area contributed by atoms with Gasteiger partial charge in [-0.2, -0.15) is 0 Å². The van der Waals surface area contributed by atoms with Gasteiger partial charge in [0.25, 0.3) is 0 Å². The second-order valence-corrected chi connectivity index (χ2v) is 5.63. The lowest BCUT2D eigenvalue weighted by Gasteiger charge is -2.31. The van der Waals surface area contributed by atoms with Gasteiger partial charge in [-0.1, -0.05) is 24.6 Å². The van der Waals surface area contributed by atoms with E-state index < -0.39 is 0 Å². The highest BCUT2D eigenvalue weighted by molar-refractivity contribution is 6.31. The summed E-state index contributed by atoms with van der Waals surface area (Å²) in [6.45, 7) is 7.40. The Labute approximate surface area is 119 Å². The average molecular weight is 285 g/mol. The molecule has 0 saturated carbocycles. The zero-order chi connectivity index (χ0) is 13.8. The molecule has 19 heavy (non-hydrogen) atoms. The Balaban J connectivity index is 2.08. The minimum absolute atomic E-state index is 0.209. The standard InChI is InChI=1S/C15H22ClFN2/c1-3-19(10-13-5-4-8-18-13)11(2)14-7-6-12(17)9-15(14)16/h6-7,9,11,13,18H,3-5,8,10H2,1-2H3.